The van der Waals surface area contributed by atoms with Crippen LogP contribution in [-0.4, -0.2) is 16.7 Å². The first-order chi connectivity index (χ1) is 15.3. The number of carbonyl (C=O) groups excluding carboxylic acids is 1. The molecule has 0 radical (unpaired) electrons. The van der Waals surface area contributed by atoms with Gasteiger partial charge in [-0.15, -0.1) is 11.3 Å². The van der Waals surface area contributed by atoms with Crippen molar-refractivity contribution in [3.63, 3.8) is 0 Å². The number of aromatic nitrogens is 1. The van der Waals surface area contributed by atoms with Crippen LogP contribution in [-0.2, 0) is 19.1 Å². The van der Waals surface area contributed by atoms with Crippen molar-refractivity contribution in [2.45, 2.75) is 26.1 Å². The number of nitrogens with one attached hydrogen (secondary N) is 1. The van der Waals surface area contributed by atoms with Crippen LogP contribution in [0.5, 0.6) is 0 Å². The number of carbonyl (C=O) groups is 1. The molecule has 32 heavy (non-hydrogen) atoms. The molecule has 4 rings (SSSR count). The van der Waals surface area contributed by atoms with Gasteiger partial charge in [-0.1, -0.05) is 37.3 Å². The van der Waals surface area contributed by atoms with Crippen LogP contribution in [0.1, 0.15) is 38.8 Å². The highest BCUT2D eigenvalue weighted by molar-refractivity contribution is 7.10. The lowest BCUT2D eigenvalue weighted by molar-refractivity contribution is -0.137. The number of nitrogens with zero attached hydrogens (tertiary/aromatic N) is 2. The van der Waals surface area contributed by atoms with Crippen LogP contribution < -0.4 is 5.43 Å². The molecule has 0 spiro atoms. The molecular formula is C24H20F3N3OS. The Morgan fingerprint density at radius 1 is 1.16 bits per heavy atom. The zero-order chi connectivity index (χ0) is 22.7. The number of hydrazone groups is 1. The van der Waals surface area contributed by atoms with Crippen molar-refractivity contribution in [2.75, 3.05) is 0 Å². The van der Waals surface area contributed by atoms with E-state index >= 15 is 0 Å². The van der Waals surface area contributed by atoms with E-state index in [9.17, 15) is 18.0 Å². The first-order valence-corrected chi connectivity index (χ1v) is 10.9. The SMILES string of the molecule is CCc1cc(C(=O)N/N=C\c2cn(Cc3cccc(C(F)(F)F)c3)c3ccccc23)cs1. The van der Waals surface area contributed by atoms with Crippen molar-refractivity contribution in [1.29, 1.82) is 0 Å². The van der Waals surface area contributed by atoms with Gasteiger partial charge in [0.2, 0.25) is 0 Å². The normalized spacial score (nSPS) is 12.0. The van der Waals surface area contributed by atoms with E-state index in [-0.39, 0.29) is 12.5 Å². The summed E-state index contributed by atoms with van der Waals surface area (Å²) in [4.78, 5) is 13.4. The first-order valence-electron chi connectivity index (χ1n) is 10.00. The molecule has 4 nitrogen and oxygen atoms in total. The number of thiophene rings is 1. The van der Waals surface area contributed by atoms with Crippen molar-refractivity contribution in [1.82, 2.24) is 9.99 Å². The average molecular weight is 456 g/mol. The summed E-state index contributed by atoms with van der Waals surface area (Å²) in [5.74, 6) is -0.287. The third-order valence-corrected chi connectivity index (χ3v) is 6.14. The second-order valence-electron chi connectivity index (χ2n) is 7.28. The fraction of sp³-hybridized carbons (Fsp3) is 0.167. The molecule has 0 saturated heterocycles. The molecule has 1 N–H and O–H groups in total. The summed E-state index contributed by atoms with van der Waals surface area (Å²) in [6.07, 6.45) is -0.145. The largest absolute Gasteiger partial charge is 0.416 e. The van der Waals surface area contributed by atoms with Crippen molar-refractivity contribution < 1.29 is 18.0 Å². The van der Waals surface area contributed by atoms with Gasteiger partial charge in [-0.05, 0) is 36.2 Å². The smallest absolute Gasteiger partial charge is 0.342 e. The molecule has 4 aromatic rings. The molecule has 0 aliphatic heterocycles. The molecule has 164 valence electrons. The van der Waals surface area contributed by atoms with Crippen molar-refractivity contribution in [3.05, 3.63) is 93.3 Å². The summed E-state index contributed by atoms with van der Waals surface area (Å²) in [5.41, 5.74) is 4.59. The van der Waals surface area contributed by atoms with Gasteiger partial charge in [-0.2, -0.15) is 18.3 Å². The summed E-state index contributed by atoms with van der Waals surface area (Å²) < 4.78 is 41.0. The second kappa shape index (κ2) is 9.00. The van der Waals surface area contributed by atoms with Crippen LogP contribution in [0.25, 0.3) is 10.9 Å². The summed E-state index contributed by atoms with van der Waals surface area (Å²) in [6.45, 7) is 2.31. The molecule has 0 saturated carbocycles. The summed E-state index contributed by atoms with van der Waals surface area (Å²) in [5, 5.41) is 6.77. The van der Waals surface area contributed by atoms with E-state index in [1.807, 2.05) is 48.0 Å². The van der Waals surface area contributed by atoms with E-state index in [1.54, 1.807) is 17.7 Å². The standard InChI is InChI=1S/C24H20F3N3OS/c1-2-20-11-17(15-32-20)23(31)29-28-12-18-14-30(22-9-4-3-8-21(18)22)13-16-6-5-7-19(10-16)24(25,26)27/h3-12,14-15H,2,13H2,1H3,(H,29,31)/b28-12-. The van der Waals surface area contributed by atoms with Gasteiger partial charge in [0.05, 0.1) is 17.3 Å². The minimum absolute atomic E-state index is 0.277. The second-order valence-corrected chi connectivity index (χ2v) is 8.28. The molecular weight excluding hydrogens is 435 g/mol. The fourth-order valence-corrected chi connectivity index (χ4v) is 4.28. The predicted molar refractivity (Wildman–Crippen MR) is 121 cm³/mol. The minimum atomic E-state index is -4.38. The molecule has 1 amide bonds. The maximum Gasteiger partial charge on any atom is 0.416 e. The van der Waals surface area contributed by atoms with Crippen molar-refractivity contribution >= 4 is 34.4 Å². The Kier molecular flexibility index (Phi) is 6.14. The molecule has 0 bridgehead atoms. The zero-order valence-corrected chi connectivity index (χ0v) is 18.0. The third-order valence-electron chi connectivity index (χ3n) is 5.06. The van der Waals surface area contributed by atoms with E-state index in [2.05, 4.69) is 10.5 Å². The first kappa shape index (κ1) is 21.8. The van der Waals surface area contributed by atoms with E-state index in [0.717, 1.165) is 39.9 Å². The van der Waals surface area contributed by atoms with Crippen LogP contribution >= 0.6 is 11.3 Å². The van der Waals surface area contributed by atoms with Gasteiger partial charge < -0.3 is 4.57 Å². The third kappa shape index (κ3) is 4.75. The Morgan fingerprint density at radius 2 is 1.97 bits per heavy atom. The monoisotopic (exact) mass is 455 g/mol. The van der Waals surface area contributed by atoms with E-state index in [4.69, 9.17) is 0 Å². The molecule has 0 aliphatic rings. The van der Waals surface area contributed by atoms with Crippen LogP contribution in [0.3, 0.4) is 0 Å². The maximum atomic E-state index is 13.1. The van der Waals surface area contributed by atoms with E-state index < -0.39 is 11.7 Å². The lowest BCUT2D eigenvalue weighted by atomic mass is 10.1. The molecule has 2 heterocycles. The van der Waals surface area contributed by atoms with E-state index in [0.29, 0.717) is 11.1 Å². The number of halogens is 3. The topological polar surface area (TPSA) is 46.4 Å². The van der Waals surface area contributed by atoms with Gasteiger partial charge in [-0.25, -0.2) is 5.43 Å². The highest BCUT2D eigenvalue weighted by Gasteiger charge is 2.30. The summed E-state index contributed by atoms with van der Waals surface area (Å²) in [7, 11) is 0. The average Bonchev–Trinajstić information content (AvgIpc) is 3.39. The maximum absolute atomic E-state index is 13.1. The van der Waals surface area contributed by atoms with Gasteiger partial charge in [0.15, 0.2) is 0 Å². The van der Waals surface area contributed by atoms with Gasteiger partial charge in [0, 0.05) is 39.5 Å². The number of hydrogen-bond acceptors (Lipinski definition) is 3. The van der Waals surface area contributed by atoms with Crippen molar-refractivity contribution in [3.8, 4) is 0 Å². The van der Waals surface area contributed by atoms with Crippen molar-refractivity contribution in [2.24, 2.45) is 5.10 Å². The molecule has 2 aromatic carbocycles. The fourth-order valence-electron chi connectivity index (χ4n) is 3.46. The highest BCUT2D eigenvalue weighted by atomic mass is 32.1. The molecule has 0 fully saturated rings. The van der Waals surface area contributed by atoms with E-state index in [1.165, 1.54) is 17.4 Å². The number of alkyl halides is 3. The van der Waals surface area contributed by atoms with Gasteiger partial charge in [0.25, 0.3) is 5.91 Å². The molecule has 8 heteroatoms. The van der Waals surface area contributed by atoms with Crippen LogP contribution in [0.2, 0.25) is 0 Å². The number of amides is 1. The molecule has 0 unspecified atom stereocenters. The Labute approximate surface area is 187 Å². The number of benzene rings is 2. The number of fused-ring (bicyclic) bond motifs is 1. The Morgan fingerprint density at radius 3 is 2.72 bits per heavy atom. The molecule has 2 aromatic heterocycles. The van der Waals surface area contributed by atoms with Crippen LogP contribution in [0.4, 0.5) is 13.2 Å². The highest BCUT2D eigenvalue weighted by Crippen LogP contribution is 2.30. The summed E-state index contributed by atoms with van der Waals surface area (Å²) >= 11 is 1.53. The lowest BCUT2D eigenvalue weighted by Gasteiger charge is -2.10. The van der Waals surface area contributed by atoms with Crippen LogP contribution in [0.15, 0.2) is 71.3 Å². The lowest BCUT2D eigenvalue weighted by Crippen LogP contribution is -2.16. The Bertz CT molecular complexity index is 1290. The number of rotatable bonds is 6. The summed E-state index contributed by atoms with van der Waals surface area (Å²) in [6, 6.07) is 14.7. The molecule has 0 aliphatic carbocycles. The number of para-hydroxylation sites is 1. The van der Waals surface area contributed by atoms with Gasteiger partial charge in [-0.3, -0.25) is 4.79 Å². The quantitative estimate of drug-likeness (QED) is 0.277. The van der Waals surface area contributed by atoms with Gasteiger partial charge in [0.1, 0.15) is 0 Å². The number of hydrogen-bond donors (Lipinski definition) is 1. The zero-order valence-electron chi connectivity index (χ0n) is 17.2. The number of aryl methyl sites for hydroxylation is 1. The minimum Gasteiger partial charge on any atom is -0.342 e. The Hall–Kier alpha value is -3.39. The Balaban J connectivity index is 1.56. The van der Waals surface area contributed by atoms with Gasteiger partial charge >= 0.3 is 6.18 Å². The van der Waals surface area contributed by atoms with Crippen LogP contribution in [0, 0.1) is 0 Å². The predicted octanol–water partition coefficient (Wildman–Crippen LogP) is 6.10. The molecule has 0 atom stereocenters.